The van der Waals surface area contributed by atoms with Gasteiger partial charge in [-0.1, -0.05) is 45.4 Å². The molecule has 2 aliphatic heterocycles. The zero-order valence-electron chi connectivity index (χ0n) is 21.5. The standard InChI is InChI=1S/C27H34N4O5S/c1-4-6-22(29-26(33)21-10-8-20(9-11-21)18(2)3)27(34)30-14-12-23-25(30)24(32)16-31(23)37(35,36)17-19-7-5-13-28-15-19/h5,7-11,13,15,18,22-23,25H,4,6,12,14,16-17H2,1-3H3,(H,29,33). The lowest BCUT2D eigenvalue weighted by molar-refractivity contribution is -0.138. The van der Waals surface area contributed by atoms with Crippen molar-refractivity contribution in [2.45, 2.75) is 69.8 Å². The topological polar surface area (TPSA) is 117 Å². The van der Waals surface area contributed by atoms with Crippen LogP contribution in [0.5, 0.6) is 0 Å². The van der Waals surface area contributed by atoms with Gasteiger partial charge in [0, 0.05) is 24.5 Å². The van der Waals surface area contributed by atoms with Crippen molar-refractivity contribution in [3.8, 4) is 0 Å². The Balaban J connectivity index is 1.47. The molecule has 0 spiro atoms. The van der Waals surface area contributed by atoms with Crippen LogP contribution in [0.25, 0.3) is 0 Å². The number of benzene rings is 1. The van der Waals surface area contributed by atoms with E-state index in [-0.39, 0.29) is 36.4 Å². The van der Waals surface area contributed by atoms with Gasteiger partial charge in [-0.25, -0.2) is 8.42 Å². The van der Waals surface area contributed by atoms with Crippen molar-refractivity contribution in [3.63, 3.8) is 0 Å². The lowest BCUT2D eigenvalue weighted by atomic mass is 10.0. The van der Waals surface area contributed by atoms with Gasteiger partial charge in [0.15, 0.2) is 5.78 Å². The van der Waals surface area contributed by atoms with Gasteiger partial charge in [-0.2, -0.15) is 4.31 Å². The summed E-state index contributed by atoms with van der Waals surface area (Å²) in [7, 11) is -3.78. The first-order valence-corrected chi connectivity index (χ1v) is 14.4. The second kappa shape index (κ2) is 11.1. The van der Waals surface area contributed by atoms with Gasteiger partial charge in [0.2, 0.25) is 15.9 Å². The predicted molar refractivity (Wildman–Crippen MR) is 139 cm³/mol. The Morgan fingerprint density at radius 3 is 2.51 bits per heavy atom. The van der Waals surface area contributed by atoms with Crippen LogP contribution in [0.15, 0.2) is 48.8 Å². The Morgan fingerprint density at radius 2 is 1.89 bits per heavy atom. The van der Waals surface area contributed by atoms with Crippen molar-refractivity contribution in [1.82, 2.24) is 19.5 Å². The number of pyridine rings is 1. The fourth-order valence-corrected chi connectivity index (χ4v) is 6.88. The molecule has 2 amide bonds. The highest BCUT2D eigenvalue weighted by atomic mass is 32.2. The second-order valence-electron chi connectivity index (χ2n) is 10.1. The van der Waals surface area contributed by atoms with Crippen LogP contribution in [-0.4, -0.2) is 71.4 Å². The predicted octanol–water partition coefficient (Wildman–Crippen LogP) is 2.49. The van der Waals surface area contributed by atoms with Crippen LogP contribution in [-0.2, 0) is 25.4 Å². The maximum Gasteiger partial charge on any atom is 0.251 e. The number of nitrogens with one attached hydrogen (secondary N) is 1. The molecule has 2 saturated heterocycles. The van der Waals surface area contributed by atoms with E-state index in [1.54, 1.807) is 30.5 Å². The van der Waals surface area contributed by atoms with Crippen molar-refractivity contribution in [1.29, 1.82) is 0 Å². The van der Waals surface area contributed by atoms with Gasteiger partial charge in [-0.15, -0.1) is 0 Å². The lowest BCUT2D eigenvalue weighted by Gasteiger charge is -2.28. The van der Waals surface area contributed by atoms with Gasteiger partial charge in [0.25, 0.3) is 5.91 Å². The van der Waals surface area contributed by atoms with Crippen molar-refractivity contribution in [2.75, 3.05) is 13.1 Å². The molecule has 1 aromatic heterocycles. The minimum atomic E-state index is -3.78. The third-order valence-corrected chi connectivity index (χ3v) is 8.92. The minimum Gasteiger partial charge on any atom is -0.340 e. The summed E-state index contributed by atoms with van der Waals surface area (Å²) in [5.41, 5.74) is 2.11. The van der Waals surface area contributed by atoms with Crippen molar-refractivity contribution >= 4 is 27.6 Å². The highest BCUT2D eigenvalue weighted by molar-refractivity contribution is 7.88. The smallest absolute Gasteiger partial charge is 0.251 e. The molecule has 0 bridgehead atoms. The van der Waals surface area contributed by atoms with E-state index in [0.717, 1.165) is 5.56 Å². The highest BCUT2D eigenvalue weighted by Crippen LogP contribution is 2.33. The van der Waals surface area contributed by atoms with E-state index in [9.17, 15) is 22.8 Å². The number of aromatic nitrogens is 1. The first-order chi connectivity index (χ1) is 17.6. The van der Waals surface area contributed by atoms with Crippen molar-refractivity contribution in [3.05, 3.63) is 65.5 Å². The molecule has 37 heavy (non-hydrogen) atoms. The molecule has 1 N–H and O–H groups in total. The Labute approximate surface area is 218 Å². The number of carbonyl (C=O) groups is 3. The molecule has 3 atom stereocenters. The molecule has 4 rings (SSSR count). The molecule has 0 aliphatic carbocycles. The van der Waals surface area contributed by atoms with Crippen LogP contribution in [0.3, 0.4) is 0 Å². The number of likely N-dealkylation sites (tertiary alicyclic amines) is 1. The van der Waals surface area contributed by atoms with Crippen LogP contribution in [0.4, 0.5) is 0 Å². The Hall–Kier alpha value is -3.11. The van der Waals surface area contributed by atoms with Crippen LogP contribution in [0, 0.1) is 0 Å². The number of hydrogen-bond acceptors (Lipinski definition) is 6. The number of nitrogens with zero attached hydrogens (tertiary/aromatic N) is 3. The molecule has 2 aliphatic rings. The van der Waals surface area contributed by atoms with E-state index < -0.39 is 28.1 Å². The molecule has 10 heteroatoms. The number of amides is 2. The normalized spacial score (nSPS) is 20.8. The number of Topliss-reactive ketones (excluding diaryl/α,β-unsaturated/α-hetero) is 1. The first-order valence-electron chi connectivity index (χ1n) is 12.7. The number of fused-ring (bicyclic) bond motifs is 1. The second-order valence-corrected chi connectivity index (χ2v) is 12.0. The van der Waals surface area contributed by atoms with Crippen LogP contribution >= 0.6 is 0 Å². The number of rotatable bonds is 9. The van der Waals surface area contributed by atoms with E-state index in [1.165, 1.54) is 15.4 Å². The van der Waals surface area contributed by atoms with E-state index in [1.807, 2.05) is 19.1 Å². The number of ketones is 1. The summed E-state index contributed by atoms with van der Waals surface area (Å²) in [5, 5.41) is 2.85. The van der Waals surface area contributed by atoms with Gasteiger partial charge in [0.1, 0.15) is 12.1 Å². The molecule has 3 heterocycles. The Morgan fingerprint density at radius 1 is 1.16 bits per heavy atom. The van der Waals surface area contributed by atoms with Crippen LogP contribution in [0.2, 0.25) is 0 Å². The molecule has 0 saturated carbocycles. The number of sulfonamides is 1. The van der Waals surface area contributed by atoms with Crippen LogP contribution in [0.1, 0.15) is 67.4 Å². The Kier molecular flexibility index (Phi) is 8.08. The maximum atomic E-state index is 13.6. The fourth-order valence-electron chi connectivity index (χ4n) is 5.17. The maximum absolute atomic E-state index is 13.6. The zero-order valence-corrected chi connectivity index (χ0v) is 22.3. The molecule has 2 fully saturated rings. The highest BCUT2D eigenvalue weighted by Gasteiger charge is 2.54. The van der Waals surface area contributed by atoms with Crippen LogP contribution < -0.4 is 5.32 Å². The lowest BCUT2D eigenvalue weighted by Crippen LogP contribution is -2.52. The third kappa shape index (κ3) is 5.75. The summed E-state index contributed by atoms with van der Waals surface area (Å²) in [6, 6.07) is 8.41. The average molecular weight is 527 g/mol. The first kappa shape index (κ1) is 26.9. The quantitative estimate of drug-likeness (QED) is 0.537. The summed E-state index contributed by atoms with van der Waals surface area (Å²) in [4.78, 5) is 44.9. The van der Waals surface area contributed by atoms with Gasteiger partial charge >= 0.3 is 0 Å². The van der Waals surface area contributed by atoms with Gasteiger partial charge in [-0.3, -0.25) is 19.4 Å². The van der Waals surface area contributed by atoms with Crippen molar-refractivity contribution < 1.29 is 22.8 Å². The largest absolute Gasteiger partial charge is 0.340 e. The van der Waals surface area contributed by atoms with E-state index in [0.29, 0.717) is 36.3 Å². The molecular weight excluding hydrogens is 492 g/mol. The molecule has 0 radical (unpaired) electrons. The summed E-state index contributed by atoms with van der Waals surface area (Å²) in [5.74, 6) is -0.907. The van der Waals surface area contributed by atoms with E-state index in [2.05, 4.69) is 24.1 Å². The summed E-state index contributed by atoms with van der Waals surface area (Å²) >= 11 is 0. The summed E-state index contributed by atoms with van der Waals surface area (Å²) in [6.07, 6.45) is 4.51. The molecule has 198 valence electrons. The van der Waals surface area contributed by atoms with E-state index in [4.69, 9.17) is 0 Å². The Bertz CT molecular complexity index is 1250. The van der Waals surface area contributed by atoms with Crippen molar-refractivity contribution in [2.24, 2.45) is 0 Å². The molecule has 3 unspecified atom stereocenters. The summed E-state index contributed by atoms with van der Waals surface area (Å²) < 4.78 is 27.6. The number of carbonyl (C=O) groups excluding carboxylic acids is 3. The van der Waals surface area contributed by atoms with Gasteiger partial charge < -0.3 is 10.2 Å². The molecule has 1 aromatic carbocycles. The SMILES string of the molecule is CCCC(NC(=O)c1ccc(C(C)C)cc1)C(=O)N1CCC2C1C(=O)CN2S(=O)(=O)Cc1cccnc1. The number of hydrogen-bond donors (Lipinski definition) is 1. The van der Waals surface area contributed by atoms with Gasteiger partial charge in [0.05, 0.1) is 18.3 Å². The minimum absolute atomic E-state index is 0.255. The molecule has 9 nitrogen and oxygen atoms in total. The fraction of sp³-hybridized carbons (Fsp3) is 0.481. The summed E-state index contributed by atoms with van der Waals surface area (Å²) in [6.45, 7) is 6.07. The molecular formula is C27H34N4O5S. The zero-order chi connectivity index (χ0) is 26.7. The molecule has 2 aromatic rings. The monoisotopic (exact) mass is 526 g/mol. The van der Waals surface area contributed by atoms with E-state index >= 15 is 0 Å². The van der Waals surface area contributed by atoms with Gasteiger partial charge in [-0.05, 0) is 48.1 Å². The third-order valence-electron chi connectivity index (χ3n) is 7.11. The average Bonchev–Trinajstić information content (AvgIpc) is 3.45.